The Hall–Kier alpha value is -2.16. The van der Waals surface area contributed by atoms with E-state index in [9.17, 15) is 10.4 Å². The Morgan fingerprint density at radius 3 is 2.23 bits per heavy atom. The summed E-state index contributed by atoms with van der Waals surface area (Å²) >= 11 is 24.2. The van der Waals surface area contributed by atoms with Crippen molar-refractivity contribution in [2.24, 2.45) is 0 Å². The van der Waals surface area contributed by atoms with Crippen LogP contribution in [0.5, 0.6) is 5.75 Å². The molecule has 0 bridgehead atoms. The number of nitrogen functional groups attached to an aromatic ring is 1. The van der Waals surface area contributed by atoms with E-state index in [0.29, 0.717) is 31.9 Å². The number of aromatic hydroxyl groups is 1. The Balaban J connectivity index is 2.32. The van der Waals surface area contributed by atoms with Crippen molar-refractivity contribution in [3.63, 3.8) is 0 Å². The predicted octanol–water partition coefficient (Wildman–Crippen LogP) is 6.19. The highest BCUT2D eigenvalue weighted by atomic mass is 35.5. The number of nitrogens with zero attached hydrogens (tertiary/aromatic N) is 2. The Morgan fingerprint density at radius 2 is 1.58 bits per heavy atom. The topological polar surface area (TPSA) is 82.9 Å². The normalized spacial score (nSPS) is 10.6. The average molecular weight is 425 g/mol. The summed E-state index contributed by atoms with van der Waals surface area (Å²) in [6.07, 6.45) is 0. The van der Waals surface area contributed by atoms with Crippen molar-refractivity contribution < 1.29 is 5.11 Å². The van der Waals surface area contributed by atoms with Crippen molar-refractivity contribution in [3.05, 3.63) is 62.1 Å². The van der Waals surface area contributed by atoms with Gasteiger partial charge in [0.15, 0.2) is 0 Å². The summed E-state index contributed by atoms with van der Waals surface area (Å²) in [6.45, 7) is 0. The van der Waals surface area contributed by atoms with Gasteiger partial charge in [-0.3, -0.25) is 0 Å². The average Bonchev–Trinajstić information content (AvgIpc) is 2.57. The maximum atomic E-state index is 10.3. The minimum Gasteiger partial charge on any atom is -0.506 e. The van der Waals surface area contributed by atoms with Crippen molar-refractivity contribution in [3.8, 4) is 34.2 Å². The second-order valence-corrected chi connectivity index (χ2v) is 7.02. The molecule has 26 heavy (non-hydrogen) atoms. The number of aromatic nitrogens is 1. The third-order valence-corrected chi connectivity index (χ3v) is 4.74. The molecule has 0 aliphatic carbocycles. The lowest BCUT2D eigenvalue weighted by Gasteiger charge is -2.13. The van der Waals surface area contributed by atoms with Crippen LogP contribution in [0.15, 0.2) is 36.4 Å². The van der Waals surface area contributed by atoms with Gasteiger partial charge in [-0.2, -0.15) is 5.26 Å². The molecule has 0 amide bonds. The highest BCUT2D eigenvalue weighted by Crippen LogP contribution is 2.41. The maximum Gasteiger partial charge on any atom is 0.143 e. The molecule has 0 aliphatic rings. The second-order valence-electron chi connectivity index (χ2n) is 5.34. The van der Waals surface area contributed by atoms with E-state index in [1.807, 2.05) is 6.07 Å². The van der Waals surface area contributed by atoms with E-state index in [-0.39, 0.29) is 27.7 Å². The smallest absolute Gasteiger partial charge is 0.143 e. The highest BCUT2D eigenvalue weighted by Gasteiger charge is 2.18. The number of benzene rings is 2. The number of hydrogen-bond acceptors (Lipinski definition) is 4. The second kappa shape index (κ2) is 7.22. The minimum absolute atomic E-state index is 0.0125. The van der Waals surface area contributed by atoms with Gasteiger partial charge in [0.2, 0.25) is 0 Å². The van der Waals surface area contributed by atoms with Crippen molar-refractivity contribution in [1.82, 2.24) is 4.98 Å². The van der Waals surface area contributed by atoms with E-state index in [2.05, 4.69) is 4.98 Å². The van der Waals surface area contributed by atoms with Crippen LogP contribution in [0.2, 0.25) is 20.1 Å². The molecule has 1 aromatic heterocycles. The summed E-state index contributed by atoms with van der Waals surface area (Å²) in [5, 5.41) is 20.9. The third-order valence-electron chi connectivity index (χ3n) is 3.68. The van der Waals surface area contributed by atoms with Crippen molar-refractivity contribution in [2.75, 3.05) is 5.73 Å². The van der Waals surface area contributed by atoms with E-state index in [1.54, 1.807) is 24.3 Å². The van der Waals surface area contributed by atoms with E-state index < -0.39 is 0 Å². The van der Waals surface area contributed by atoms with Crippen LogP contribution in [0.3, 0.4) is 0 Å². The molecule has 0 atom stereocenters. The van der Waals surface area contributed by atoms with Gasteiger partial charge in [-0.05, 0) is 30.3 Å². The van der Waals surface area contributed by atoms with E-state index >= 15 is 0 Å². The van der Waals surface area contributed by atoms with Crippen LogP contribution in [0.1, 0.15) is 5.56 Å². The molecule has 1 heterocycles. The van der Waals surface area contributed by atoms with Crippen molar-refractivity contribution in [1.29, 1.82) is 5.26 Å². The van der Waals surface area contributed by atoms with Crippen molar-refractivity contribution in [2.45, 2.75) is 0 Å². The number of phenols is 1. The molecule has 2 aromatic carbocycles. The number of halogens is 4. The number of anilines is 1. The number of nitrogens with two attached hydrogens (primary N) is 1. The Bertz CT molecular complexity index is 1080. The number of rotatable bonds is 2. The molecule has 0 saturated heterocycles. The molecule has 4 nitrogen and oxygen atoms in total. The zero-order chi connectivity index (χ0) is 19.0. The summed E-state index contributed by atoms with van der Waals surface area (Å²) in [7, 11) is 0. The van der Waals surface area contributed by atoms with Gasteiger partial charge in [0.05, 0.1) is 10.7 Å². The van der Waals surface area contributed by atoms with Gasteiger partial charge in [-0.25, -0.2) is 4.98 Å². The molecular formula is C18H9Cl4N3O. The highest BCUT2D eigenvalue weighted by molar-refractivity contribution is 6.37. The SMILES string of the molecule is N#Cc1c(-c2ccc(Cl)cc2Cl)cc(-c2cc(Cl)cc(Cl)c2O)nc1N. The number of pyridine rings is 1. The summed E-state index contributed by atoms with van der Waals surface area (Å²) < 4.78 is 0. The van der Waals surface area contributed by atoms with Crippen LogP contribution in [0.4, 0.5) is 5.82 Å². The number of phenolic OH excluding ortho intramolecular Hbond substituents is 1. The Morgan fingerprint density at radius 1 is 0.885 bits per heavy atom. The molecule has 0 unspecified atom stereocenters. The van der Waals surface area contributed by atoms with E-state index in [1.165, 1.54) is 12.1 Å². The fourth-order valence-electron chi connectivity index (χ4n) is 2.50. The fraction of sp³-hybridized carbons (Fsp3) is 0. The molecule has 0 radical (unpaired) electrons. The first-order chi connectivity index (χ1) is 12.3. The first-order valence-corrected chi connectivity index (χ1v) is 8.67. The quantitative estimate of drug-likeness (QED) is 0.513. The summed E-state index contributed by atoms with van der Waals surface area (Å²) in [4.78, 5) is 4.20. The summed E-state index contributed by atoms with van der Waals surface area (Å²) in [5.74, 6) is -0.206. The zero-order valence-electron chi connectivity index (χ0n) is 12.9. The van der Waals surface area contributed by atoms with Crippen LogP contribution < -0.4 is 5.73 Å². The van der Waals surface area contributed by atoms with Gasteiger partial charge in [-0.15, -0.1) is 0 Å². The molecule has 8 heteroatoms. The first-order valence-electron chi connectivity index (χ1n) is 7.16. The molecule has 0 spiro atoms. The molecule has 3 N–H and O–H groups in total. The van der Waals surface area contributed by atoms with Gasteiger partial charge >= 0.3 is 0 Å². The van der Waals surface area contributed by atoms with Gasteiger partial charge in [0.25, 0.3) is 0 Å². The van der Waals surface area contributed by atoms with E-state index in [4.69, 9.17) is 52.1 Å². The molecule has 130 valence electrons. The lowest BCUT2D eigenvalue weighted by Crippen LogP contribution is -2.00. The first kappa shape index (κ1) is 18.6. The van der Waals surface area contributed by atoms with Crippen LogP contribution >= 0.6 is 46.4 Å². The lowest BCUT2D eigenvalue weighted by atomic mass is 9.98. The summed E-state index contributed by atoms with van der Waals surface area (Å²) in [6, 6.07) is 11.4. The van der Waals surface area contributed by atoms with Gasteiger partial charge in [-0.1, -0.05) is 52.5 Å². The van der Waals surface area contributed by atoms with Crippen molar-refractivity contribution >= 4 is 52.2 Å². The predicted molar refractivity (Wildman–Crippen MR) is 106 cm³/mol. The molecule has 3 aromatic rings. The largest absolute Gasteiger partial charge is 0.506 e. The van der Waals surface area contributed by atoms with Gasteiger partial charge in [0, 0.05) is 31.8 Å². The maximum absolute atomic E-state index is 10.3. The Kier molecular flexibility index (Phi) is 5.17. The molecule has 0 aliphatic heterocycles. The monoisotopic (exact) mass is 423 g/mol. The van der Waals surface area contributed by atoms with Crippen LogP contribution in [0.25, 0.3) is 22.4 Å². The van der Waals surface area contributed by atoms with Crippen LogP contribution in [0, 0.1) is 11.3 Å². The molecular weight excluding hydrogens is 416 g/mol. The Labute approximate surface area is 169 Å². The minimum atomic E-state index is -0.194. The fourth-order valence-corrected chi connectivity index (χ4v) is 3.51. The zero-order valence-corrected chi connectivity index (χ0v) is 15.9. The summed E-state index contributed by atoms with van der Waals surface area (Å²) in [5.41, 5.74) is 7.70. The van der Waals surface area contributed by atoms with Gasteiger partial charge < -0.3 is 10.8 Å². The van der Waals surface area contributed by atoms with Crippen LogP contribution in [-0.2, 0) is 0 Å². The lowest BCUT2D eigenvalue weighted by molar-refractivity contribution is 0.477. The van der Waals surface area contributed by atoms with E-state index in [0.717, 1.165) is 0 Å². The number of hydrogen-bond donors (Lipinski definition) is 2. The van der Waals surface area contributed by atoms with Crippen LogP contribution in [-0.4, -0.2) is 10.1 Å². The van der Waals surface area contributed by atoms with Gasteiger partial charge in [0.1, 0.15) is 23.2 Å². The number of nitriles is 1. The molecule has 0 saturated carbocycles. The molecule has 3 rings (SSSR count). The third kappa shape index (κ3) is 3.40. The molecule has 0 fully saturated rings. The standard InChI is InChI=1S/C18H9Cl4N3O/c19-8-1-2-10(14(21)4-8)11-6-16(25-18(24)13(11)7-23)12-3-9(20)5-15(22)17(12)26/h1-6,26H,(H2,24,25).